The van der Waals surface area contributed by atoms with Gasteiger partial charge in [0.05, 0.1) is 18.4 Å². The van der Waals surface area contributed by atoms with Crippen molar-refractivity contribution in [2.24, 2.45) is 0 Å². The number of aliphatic hydroxyl groups excluding tert-OH is 2. The summed E-state index contributed by atoms with van der Waals surface area (Å²) < 4.78 is 1.65. The van der Waals surface area contributed by atoms with Crippen molar-refractivity contribution in [3.63, 3.8) is 0 Å². The van der Waals surface area contributed by atoms with Crippen molar-refractivity contribution in [1.82, 2.24) is 9.47 Å². The monoisotopic (exact) mass is 312 g/mol. The topological polar surface area (TPSA) is 85.9 Å². The van der Waals surface area contributed by atoms with Crippen LogP contribution >= 0.6 is 0 Å². The van der Waals surface area contributed by atoms with Crippen molar-refractivity contribution >= 4 is 0 Å². The van der Waals surface area contributed by atoms with Gasteiger partial charge in [-0.05, 0) is 26.4 Å². The highest BCUT2D eigenvalue weighted by molar-refractivity contribution is 5.30. The van der Waals surface area contributed by atoms with Gasteiger partial charge in [0.2, 0.25) is 5.43 Å². The molecule has 0 aliphatic rings. The number of aliphatic hydroxyl groups is 2. The first-order valence-corrected chi connectivity index (χ1v) is 7.90. The lowest BCUT2D eigenvalue weighted by Gasteiger charge is -2.25. The molecule has 1 rings (SSSR count). The maximum absolute atomic E-state index is 11.9. The molecule has 0 aliphatic carbocycles. The first-order valence-electron chi connectivity index (χ1n) is 7.90. The molecule has 3 N–H and O–H groups in total. The van der Waals surface area contributed by atoms with Gasteiger partial charge in [-0.1, -0.05) is 20.3 Å². The zero-order chi connectivity index (χ0) is 16.7. The Bertz CT molecular complexity index is 526. The summed E-state index contributed by atoms with van der Waals surface area (Å²) in [6.07, 6.45) is 1.46. The number of unbranched alkanes of at least 4 members (excludes halogenated alkanes) is 1. The quantitative estimate of drug-likeness (QED) is 0.634. The Morgan fingerprint density at radius 1 is 1.36 bits per heavy atom. The number of hydrogen-bond acceptors (Lipinski definition) is 5. The standard InChI is InChI=1S/C16H28N2O4/c1-4-6-7-17(5-2)10-14-16(22)15(21)8-13(11-19)18(14)9-12(3)20/h8,12,19-20,22H,4-7,9-11H2,1-3H3. The number of aromatic hydroxyl groups is 1. The fourth-order valence-electron chi connectivity index (χ4n) is 2.47. The van der Waals surface area contributed by atoms with Crippen molar-refractivity contribution in [3.05, 3.63) is 27.7 Å². The number of nitrogens with zero attached hydrogens (tertiary/aromatic N) is 2. The van der Waals surface area contributed by atoms with E-state index >= 15 is 0 Å². The van der Waals surface area contributed by atoms with Crippen molar-refractivity contribution in [1.29, 1.82) is 0 Å². The molecule has 1 aromatic rings. The van der Waals surface area contributed by atoms with Crippen LogP contribution in [0.15, 0.2) is 10.9 Å². The zero-order valence-corrected chi connectivity index (χ0v) is 13.7. The summed E-state index contributed by atoms with van der Waals surface area (Å²) in [7, 11) is 0. The number of pyridine rings is 1. The average molecular weight is 312 g/mol. The van der Waals surface area contributed by atoms with E-state index < -0.39 is 11.5 Å². The van der Waals surface area contributed by atoms with Gasteiger partial charge in [0.25, 0.3) is 0 Å². The van der Waals surface area contributed by atoms with Crippen LogP contribution in [0, 0.1) is 0 Å². The van der Waals surface area contributed by atoms with E-state index in [4.69, 9.17) is 0 Å². The molecule has 0 bridgehead atoms. The van der Waals surface area contributed by atoms with Crippen LogP contribution in [0.3, 0.4) is 0 Å². The van der Waals surface area contributed by atoms with E-state index in [1.54, 1.807) is 11.5 Å². The third-order valence-corrected chi connectivity index (χ3v) is 3.73. The predicted octanol–water partition coefficient (Wildman–Crippen LogP) is 1.05. The Labute approximate surface area is 131 Å². The number of rotatable bonds is 9. The highest BCUT2D eigenvalue weighted by atomic mass is 16.3. The van der Waals surface area contributed by atoms with Gasteiger partial charge < -0.3 is 19.9 Å². The van der Waals surface area contributed by atoms with Crippen molar-refractivity contribution in [3.8, 4) is 5.75 Å². The maximum atomic E-state index is 11.9. The summed E-state index contributed by atoms with van der Waals surface area (Å²) in [5.41, 5.74) is 0.369. The fraction of sp³-hybridized carbons (Fsp3) is 0.688. The Morgan fingerprint density at radius 2 is 2.05 bits per heavy atom. The van der Waals surface area contributed by atoms with Gasteiger partial charge in [-0.15, -0.1) is 0 Å². The van der Waals surface area contributed by atoms with Gasteiger partial charge in [0, 0.05) is 24.8 Å². The van der Waals surface area contributed by atoms with Crippen LogP contribution in [0.5, 0.6) is 5.75 Å². The summed E-state index contributed by atoms with van der Waals surface area (Å²) in [6, 6.07) is 1.23. The second kappa shape index (κ2) is 8.92. The van der Waals surface area contributed by atoms with Gasteiger partial charge in [-0.2, -0.15) is 0 Å². The first-order chi connectivity index (χ1) is 10.4. The summed E-state index contributed by atoms with van der Waals surface area (Å²) in [5.74, 6) is -0.298. The molecule has 1 unspecified atom stereocenters. The molecule has 0 radical (unpaired) electrons. The lowest BCUT2D eigenvalue weighted by atomic mass is 10.2. The Hall–Kier alpha value is -1.37. The van der Waals surface area contributed by atoms with Crippen LogP contribution in [0.4, 0.5) is 0 Å². The molecule has 0 aliphatic heterocycles. The van der Waals surface area contributed by atoms with Gasteiger partial charge in [-0.3, -0.25) is 9.69 Å². The molecule has 126 valence electrons. The molecule has 0 amide bonds. The summed E-state index contributed by atoms with van der Waals surface area (Å²) in [6.45, 7) is 7.78. The summed E-state index contributed by atoms with van der Waals surface area (Å²) in [4.78, 5) is 14.0. The molecule has 1 heterocycles. The lowest BCUT2D eigenvalue weighted by Crippen LogP contribution is -2.30. The second-order valence-electron chi connectivity index (χ2n) is 5.64. The third kappa shape index (κ3) is 4.83. The summed E-state index contributed by atoms with van der Waals surface area (Å²) in [5, 5.41) is 29.3. The smallest absolute Gasteiger partial charge is 0.223 e. The molecule has 1 atom stereocenters. The van der Waals surface area contributed by atoms with E-state index in [9.17, 15) is 20.1 Å². The van der Waals surface area contributed by atoms with Crippen LogP contribution in [-0.2, 0) is 19.7 Å². The molecule has 22 heavy (non-hydrogen) atoms. The number of hydrogen-bond donors (Lipinski definition) is 3. The molecule has 0 fully saturated rings. The Kier molecular flexibility index (Phi) is 7.58. The molecule has 6 heteroatoms. The van der Waals surface area contributed by atoms with E-state index in [-0.39, 0.29) is 18.9 Å². The molecule has 0 saturated heterocycles. The minimum absolute atomic E-state index is 0.227. The van der Waals surface area contributed by atoms with E-state index in [2.05, 4.69) is 11.8 Å². The fourth-order valence-corrected chi connectivity index (χ4v) is 2.47. The van der Waals surface area contributed by atoms with Crippen molar-refractivity contribution < 1.29 is 15.3 Å². The minimum atomic E-state index is -0.642. The van der Waals surface area contributed by atoms with Gasteiger partial charge in [-0.25, -0.2) is 0 Å². The Balaban J connectivity index is 3.23. The molecular formula is C16H28N2O4. The lowest BCUT2D eigenvalue weighted by molar-refractivity contribution is 0.162. The highest BCUT2D eigenvalue weighted by Gasteiger charge is 2.18. The second-order valence-corrected chi connectivity index (χ2v) is 5.64. The van der Waals surface area contributed by atoms with Crippen LogP contribution in [0.2, 0.25) is 0 Å². The summed E-state index contributed by atoms with van der Waals surface area (Å²) >= 11 is 0. The Morgan fingerprint density at radius 3 is 2.55 bits per heavy atom. The van der Waals surface area contributed by atoms with Gasteiger partial charge >= 0.3 is 0 Å². The van der Waals surface area contributed by atoms with E-state index in [1.807, 2.05) is 6.92 Å². The minimum Gasteiger partial charge on any atom is -0.503 e. The van der Waals surface area contributed by atoms with E-state index in [1.165, 1.54) is 6.07 Å². The van der Waals surface area contributed by atoms with E-state index in [0.29, 0.717) is 17.9 Å². The van der Waals surface area contributed by atoms with Crippen molar-refractivity contribution in [2.75, 3.05) is 13.1 Å². The highest BCUT2D eigenvalue weighted by Crippen LogP contribution is 2.18. The normalized spacial score (nSPS) is 12.8. The molecule has 1 aromatic heterocycles. The van der Waals surface area contributed by atoms with Crippen LogP contribution in [0.25, 0.3) is 0 Å². The largest absolute Gasteiger partial charge is 0.503 e. The average Bonchev–Trinajstić information content (AvgIpc) is 2.49. The van der Waals surface area contributed by atoms with Crippen LogP contribution < -0.4 is 5.43 Å². The van der Waals surface area contributed by atoms with Gasteiger partial charge in [0.1, 0.15) is 0 Å². The predicted molar refractivity (Wildman–Crippen MR) is 85.8 cm³/mol. The molecule has 6 nitrogen and oxygen atoms in total. The van der Waals surface area contributed by atoms with Gasteiger partial charge in [0.15, 0.2) is 5.75 Å². The first kappa shape index (κ1) is 18.7. The molecule has 0 saturated carbocycles. The number of aromatic nitrogens is 1. The van der Waals surface area contributed by atoms with Crippen LogP contribution in [-0.4, -0.2) is 44.0 Å². The maximum Gasteiger partial charge on any atom is 0.223 e. The third-order valence-electron chi connectivity index (χ3n) is 3.73. The van der Waals surface area contributed by atoms with Crippen molar-refractivity contribution in [2.45, 2.75) is 59.4 Å². The van der Waals surface area contributed by atoms with E-state index in [0.717, 1.165) is 25.9 Å². The molecular weight excluding hydrogens is 284 g/mol. The SMILES string of the molecule is CCCCN(CC)Cc1c(O)c(=O)cc(CO)n1CC(C)O. The molecule has 0 aromatic carbocycles. The van der Waals surface area contributed by atoms with Crippen LogP contribution in [0.1, 0.15) is 45.0 Å². The zero-order valence-electron chi connectivity index (χ0n) is 13.7. The molecule has 0 spiro atoms.